The maximum Gasteiger partial charge on any atom is 0.216 e. The van der Waals surface area contributed by atoms with Crippen LogP contribution < -0.4 is 0 Å². The van der Waals surface area contributed by atoms with Crippen LogP contribution in [-0.4, -0.2) is 36.4 Å². The summed E-state index contributed by atoms with van der Waals surface area (Å²) >= 11 is 1.74. The van der Waals surface area contributed by atoms with E-state index < -0.39 is 0 Å². The maximum absolute atomic E-state index is 12.6. The van der Waals surface area contributed by atoms with E-state index in [0.717, 1.165) is 16.0 Å². The predicted octanol–water partition coefficient (Wildman–Crippen LogP) is 3.71. The van der Waals surface area contributed by atoms with Crippen LogP contribution in [0.4, 0.5) is 0 Å². The Morgan fingerprint density at radius 3 is 2.65 bits per heavy atom. The third kappa shape index (κ3) is 2.09. The van der Waals surface area contributed by atoms with E-state index >= 15 is 0 Å². The first-order valence-electron chi connectivity index (χ1n) is 7.60. The molecule has 0 saturated carbocycles. The van der Waals surface area contributed by atoms with Gasteiger partial charge in [-0.3, -0.25) is 4.79 Å². The van der Waals surface area contributed by atoms with Gasteiger partial charge in [-0.15, -0.1) is 11.3 Å². The number of quaternary nitrogens is 1. The number of carbonyl (C=O) groups is 1. The summed E-state index contributed by atoms with van der Waals surface area (Å²) in [6.45, 7) is 4.37. The molecule has 3 aliphatic rings. The Bertz CT molecular complexity index is 638. The average Bonchev–Trinajstić information content (AvgIpc) is 2.96. The fourth-order valence-corrected chi connectivity index (χ4v) is 4.68. The number of piperidine rings is 3. The van der Waals surface area contributed by atoms with Gasteiger partial charge < -0.3 is 4.48 Å². The van der Waals surface area contributed by atoms with Crippen molar-refractivity contribution >= 4 is 27.2 Å². The number of Topliss-reactive ketones (excluding diaryl/α,β-unsaturated/α-hetero) is 1. The van der Waals surface area contributed by atoms with Crippen molar-refractivity contribution in [3.63, 3.8) is 0 Å². The van der Waals surface area contributed by atoms with Crippen LogP contribution in [0.5, 0.6) is 0 Å². The molecule has 1 aromatic carbocycles. The smallest absolute Gasteiger partial charge is 0.216 e. The van der Waals surface area contributed by atoms with Gasteiger partial charge in [0, 0.05) is 10.3 Å². The van der Waals surface area contributed by atoms with Gasteiger partial charge in [-0.05, 0) is 60.2 Å². The monoisotopic (exact) mass is 286 g/mol. The number of ketones is 1. The first-order chi connectivity index (χ1) is 9.74. The number of thiophene rings is 1. The zero-order valence-corrected chi connectivity index (χ0v) is 12.5. The van der Waals surface area contributed by atoms with E-state index in [1.807, 2.05) is 6.07 Å². The van der Waals surface area contributed by atoms with E-state index in [2.05, 4.69) is 23.6 Å². The van der Waals surface area contributed by atoms with Gasteiger partial charge in [-0.2, -0.15) is 0 Å². The van der Waals surface area contributed by atoms with Crippen molar-refractivity contribution in [3.8, 4) is 0 Å². The Balaban J connectivity index is 1.57. The Kier molecular flexibility index (Phi) is 2.93. The summed E-state index contributed by atoms with van der Waals surface area (Å²) in [5.74, 6) is 1.28. The second-order valence-electron chi connectivity index (χ2n) is 6.50. The fraction of sp³-hybridized carbons (Fsp3) is 0.471. The van der Waals surface area contributed by atoms with Gasteiger partial charge in [0.1, 0.15) is 6.54 Å². The molecule has 20 heavy (non-hydrogen) atoms. The van der Waals surface area contributed by atoms with Crippen molar-refractivity contribution in [2.45, 2.75) is 19.3 Å². The minimum Gasteiger partial charge on any atom is -0.317 e. The highest BCUT2D eigenvalue weighted by Gasteiger charge is 2.40. The highest BCUT2D eigenvalue weighted by atomic mass is 32.1. The molecule has 0 N–H and O–H groups in total. The molecule has 0 amide bonds. The molecule has 2 bridgehead atoms. The second-order valence-corrected chi connectivity index (χ2v) is 7.45. The van der Waals surface area contributed by atoms with E-state index in [0.29, 0.717) is 12.3 Å². The fourth-order valence-electron chi connectivity index (χ4n) is 3.91. The predicted molar refractivity (Wildman–Crippen MR) is 83.2 cm³/mol. The van der Waals surface area contributed by atoms with Gasteiger partial charge >= 0.3 is 0 Å². The van der Waals surface area contributed by atoms with Crippen molar-refractivity contribution in [1.29, 1.82) is 0 Å². The molecule has 2 nitrogen and oxygen atoms in total. The molecule has 104 valence electrons. The van der Waals surface area contributed by atoms with E-state index in [4.69, 9.17) is 0 Å². The first-order valence-corrected chi connectivity index (χ1v) is 8.48. The van der Waals surface area contributed by atoms with Crippen LogP contribution in [0.25, 0.3) is 10.1 Å². The molecule has 4 heterocycles. The van der Waals surface area contributed by atoms with Gasteiger partial charge in [-0.1, -0.05) is 0 Å². The van der Waals surface area contributed by atoms with E-state index in [9.17, 15) is 4.79 Å². The number of carbonyl (C=O) groups excluding carboxylic acids is 1. The van der Waals surface area contributed by atoms with E-state index in [1.54, 1.807) is 11.3 Å². The summed E-state index contributed by atoms with van der Waals surface area (Å²) < 4.78 is 2.32. The Morgan fingerprint density at radius 2 is 1.90 bits per heavy atom. The van der Waals surface area contributed by atoms with Crippen LogP contribution in [0.3, 0.4) is 0 Å². The summed E-state index contributed by atoms with van der Waals surface area (Å²) in [6, 6.07) is 8.28. The molecule has 0 atom stereocenters. The lowest BCUT2D eigenvalue weighted by atomic mass is 9.85. The second kappa shape index (κ2) is 4.68. The van der Waals surface area contributed by atoms with E-state index in [1.165, 1.54) is 49.0 Å². The lowest BCUT2D eigenvalue weighted by Gasteiger charge is -2.48. The largest absolute Gasteiger partial charge is 0.317 e. The SMILES string of the molecule is O=C(C[N+]12CCC(CC1)CC2)c1ccc2sccc2c1. The highest BCUT2D eigenvalue weighted by Crippen LogP contribution is 2.33. The van der Waals surface area contributed by atoms with Crippen molar-refractivity contribution < 1.29 is 9.28 Å². The molecule has 0 radical (unpaired) electrons. The van der Waals surface area contributed by atoms with Gasteiger partial charge in [0.2, 0.25) is 5.78 Å². The summed E-state index contributed by atoms with van der Waals surface area (Å²) in [4.78, 5) is 12.6. The topological polar surface area (TPSA) is 17.1 Å². The first kappa shape index (κ1) is 12.5. The van der Waals surface area contributed by atoms with Crippen LogP contribution in [0.2, 0.25) is 0 Å². The molecule has 3 heteroatoms. The minimum absolute atomic E-state index is 0.332. The van der Waals surface area contributed by atoms with Gasteiger partial charge in [0.25, 0.3) is 0 Å². The molecule has 1 aromatic heterocycles. The van der Waals surface area contributed by atoms with Crippen LogP contribution in [0.1, 0.15) is 29.6 Å². The molecule has 3 aliphatic heterocycles. The molecule has 2 aromatic rings. The number of fused-ring (bicyclic) bond motifs is 4. The number of rotatable bonds is 3. The van der Waals surface area contributed by atoms with Gasteiger partial charge in [0.15, 0.2) is 0 Å². The summed E-state index contributed by atoms with van der Waals surface area (Å²) in [6.07, 6.45) is 3.99. The Morgan fingerprint density at radius 1 is 1.15 bits per heavy atom. The molecular formula is C17H20NOS+. The van der Waals surface area contributed by atoms with Crippen LogP contribution in [0.15, 0.2) is 29.6 Å². The molecule has 0 unspecified atom stereocenters. The average molecular weight is 286 g/mol. The van der Waals surface area contributed by atoms with E-state index in [-0.39, 0.29) is 0 Å². The normalized spacial score (nSPS) is 28.9. The summed E-state index contributed by atoms with van der Waals surface area (Å²) in [7, 11) is 0. The minimum atomic E-state index is 0.332. The third-order valence-corrected chi connectivity index (χ3v) is 6.19. The third-order valence-electron chi connectivity index (χ3n) is 5.29. The van der Waals surface area contributed by atoms with Crippen molar-refractivity contribution in [2.24, 2.45) is 5.92 Å². The Hall–Kier alpha value is -1.19. The zero-order valence-electron chi connectivity index (χ0n) is 11.7. The molecule has 3 fully saturated rings. The van der Waals surface area contributed by atoms with Crippen molar-refractivity contribution in [3.05, 3.63) is 35.2 Å². The molecular weight excluding hydrogens is 266 g/mol. The van der Waals surface area contributed by atoms with Gasteiger partial charge in [-0.25, -0.2) is 0 Å². The maximum atomic E-state index is 12.6. The lowest BCUT2D eigenvalue weighted by Crippen LogP contribution is -2.60. The number of benzene rings is 1. The molecule has 0 spiro atoms. The molecule has 0 aliphatic carbocycles. The number of nitrogens with zero attached hydrogens (tertiary/aromatic N) is 1. The summed E-state index contributed by atoms with van der Waals surface area (Å²) in [5.41, 5.74) is 0.899. The van der Waals surface area contributed by atoms with Crippen LogP contribution in [0, 0.1) is 5.92 Å². The van der Waals surface area contributed by atoms with Gasteiger partial charge in [0.05, 0.1) is 19.6 Å². The highest BCUT2D eigenvalue weighted by molar-refractivity contribution is 7.17. The van der Waals surface area contributed by atoms with Crippen LogP contribution >= 0.6 is 11.3 Å². The van der Waals surface area contributed by atoms with Crippen molar-refractivity contribution in [2.75, 3.05) is 26.2 Å². The lowest BCUT2D eigenvalue weighted by molar-refractivity contribution is -0.935. The zero-order chi connectivity index (χ0) is 13.6. The Labute approximate surface area is 123 Å². The molecule has 5 rings (SSSR count). The summed E-state index contributed by atoms with van der Waals surface area (Å²) in [5, 5.41) is 3.30. The number of hydrogen-bond acceptors (Lipinski definition) is 2. The van der Waals surface area contributed by atoms with Crippen LogP contribution in [-0.2, 0) is 0 Å². The number of hydrogen-bond donors (Lipinski definition) is 0. The standard InChI is InChI=1S/C17H20NOS/c19-16(12-18-7-3-13(4-8-18)5-9-18)14-1-2-17-15(11-14)6-10-20-17/h1-2,6,10-11,13H,3-5,7-9,12H2/q+1. The quantitative estimate of drug-likeness (QED) is 0.621. The molecule has 3 saturated heterocycles. The van der Waals surface area contributed by atoms with Crippen molar-refractivity contribution in [1.82, 2.24) is 0 Å².